The molecule has 0 N–H and O–H groups in total. The molecule has 0 unspecified atom stereocenters. The van der Waals surface area contributed by atoms with Gasteiger partial charge in [-0.3, -0.25) is 4.79 Å². The highest BCUT2D eigenvalue weighted by molar-refractivity contribution is 5.90. The van der Waals surface area contributed by atoms with E-state index in [0.29, 0.717) is 11.3 Å². The van der Waals surface area contributed by atoms with Gasteiger partial charge < -0.3 is 9.26 Å². The second-order valence-electron chi connectivity index (χ2n) is 6.82. The summed E-state index contributed by atoms with van der Waals surface area (Å²) in [5.41, 5.74) is -0.213. The zero-order chi connectivity index (χ0) is 22.3. The number of ether oxygens (including phenoxy) is 1. The summed E-state index contributed by atoms with van der Waals surface area (Å²) in [6.45, 7) is 1.34. The van der Waals surface area contributed by atoms with Crippen molar-refractivity contribution in [1.29, 1.82) is 0 Å². The monoisotopic (exact) mass is 433 g/mol. The van der Waals surface area contributed by atoms with Crippen LogP contribution in [0.3, 0.4) is 0 Å². The number of nitrogens with zero attached hydrogens (tertiary/aromatic N) is 3. The third-order valence-electron chi connectivity index (χ3n) is 4.77. The fourth-order valence-corrected chi connectivity index (χ4v) is 3.28. The molecule has 0 saturated heterocycles. The van der Waals surface area contributed by atoms with Gasteiger partial charge in [0.05, 0.1) is 24.9 Å². The van der Waals surface area contributed by atoms with E-state index in [-0.39, 0.29) is 34.5 Å². The van der Waals surface area contributed by atoms with E-state index in [1.807, 2.05) is 0 Å². The Morgan fingerprint density at radius 3 is 2.48 bits per heavy atom. The van der Waals surface area contributed by atoms with Gasteiger partial charge in [-0.05, 0) is 48.9 Å². The van der Waals surface area contributed by atoms with Crippen LogP contribution in [0, 0.1) is 12.7 Å². The molecule has 2 heterocycles. The summed E-state index contributed by atoms with van der Waals surface area (Å²) >= 11 is 0. The van der Waals surface area contributed by atoms with Crippen LogP contribution in [0.4, 0.5) is 17.6 Å². The van der Waals surface area contributed by atoms with Crippen molar-refractivity contribution in [2.24, 2.45) is 0 Å². The van der Waals surface area contributed by atoms with Gasteiger partial charge in [-0.15, -0.1) is 0 Å². The van der Waals surface area contributed by atoms with Crippen molar-refractivity contribution in [2.75, 3.05) is 7.11 Å². The number of aromatic nitrogens is 3. The standard InChI is InChI=1S/C21H15F4N3O3/c1-11-17-19(31-27-11)18(13-4-6-14(22)7-5-13)26-28(20(17)29)10-12-3-8-16(30-2)15(9-12)21(23,24)25/h3-9H,10H2,1-2H3. The predicted octanol–water partition coefficient (Wildman–Crippen LogP) is 4.57. The van der Waals surface area contributed by atoms with Gasteiger partial charge in [0.1, 0.15) is 22.6 Å². The first-order valence-corrected chi connectivity index (χ1v) is 9.06. The van der Waals surface area contributed by atoms with Crippen LogP contribution in [-0.2, 0) is 12.7 Å². The highest BCUT2D eigenvalue weighted by atomic mass is 19.4. The first kappa shape index (κ1) is 20.6. The Morgan fingerprint density at radius 2 is 1.84 bits per heavy atom. The van der Waals surface area contributed by atoms with Crippen LogP contribution in [-0.4, -0.2) is 22.0 Å². The molecule has 0 aliphatic rings. The van der Waals surface area contributed by atoms with Crippen molar-refractivity contribution in [1.82, 2.24) is 14.9 Å². The van der Waals surface area contributed by atoms with E-state index in [0.717, 1.165) is 17.9 Å². The molecule has 4 rings (SSSR count). The normalized spacial score (nSPS) is 11.8. The molecule has 4 aromatic rings. The number of rotatable bonds is 4. The van der Waals surface area contributed by atoms with E-state index >= 15 is 0 Å². The molecule has 10 heteroatoms. The second-order valence-corrected chi connectivity index (χ2v) is 6.82. The van der Waals surface area contributed by atoms with E-state index in [1.54, 1.807) is 6.92 Å². The Kier molecular flexibility index (Phi) is 5.00. The van der Waals surface area contributed by atoms with Crippen LogP contribution in [0.2, 0.25) is 0 Å². The molecule has 6 nitrogen and oxygen atoms in total. The highest BCUT2D eigenvalue weighted by Crippen LogP contribution is 2.37. The molecule has 0 spiro atoms. The summed E-state index contributed by atoms with van der Waals surface area (Å²) in [5.74, 6) is -0.783. The molecule has 0 amide bonds. The number of halogens is 4. The third-order valence-corrected chi connectivity index (χ3v) is 4.77. The van der Waals surface area contributed by atoms with Gasteiger partial charge in [0.2, 0.25) is 5.58 Å². The third kappa shape index (κ3) is 3.76. The van der Waals surface area contributed by atoms with E-state index in [2.05, 4.69) is 10.3 Å². The van der Waals surface area contributed by atoms with Crippen LogP contribution in [0.5, 0.6) is 5.75 Å². The molecule has 0 aliphatic carbocycles. The highest BCUT2D eigenvalue weighted by Gasteiger charge is 2.34. The minimum atomic E-state index is -4.63. The summed E-state index contributed by atoms with van der Waals surface area (Å²) in [6, 6.07) is 8.88. The summed E-state index contributed by atoms with van der Waals surface area (Å²) < 4.78 is 64.5. The van der Waals surface area contributed by atoms with Gasteiger partial charge in [-0.2, -0.15) is 18.3 Å². The number of aryl methyl sites for hydroxylation is 1. The van der Waals surface area contributed by atoms with Crippen LogP contribution >= 0.6 is 0 Å². The van der Waals surface area contributed by atoms with Crippen LogP contribution in [0.15, 0.2) is 51.8 Å². The van der Waals surface area contributed by atoms with Gasteiger partial charge in [0, 0.05) is 5.56 Å². The van der Waals surface area contributed by atoms with Gasteiger partial charge in [0.15, 0.2) is 0 Å². The first-order chi connectivity index (χ1) is 14.7. The molecule has 0 atom stereocenters. The van der Waals surface area contributed by atoms with E-state index in [4.69, 9.17) is 9.26 Å². The fourth-order valence-electron chi connectivity index (χ4n) is 3.28. The molecular weight excluding hydrogens is 418 g/mol. The van der Waals surface area contributed by atoms with E-state index in [1.165, 1.54) is 36.4 Å². The van der Waals surface area contributed by atoms with Crippen LogP contribution in [0.1, 0.15) is 16.8 Å². The minimum absolute atomic E-state index is 0.121. The van der Waals surface area contributed by atoms with E-state index in [9.17, 15) is 22.4 Å². The summed E-state index contributed by atoms with van der Waals surface area (Å²) in [4.78, 5) is 13.0. The summed E-state index contributed by atoms with van der Waals surface area (Å²) in [6.07, 6.45) is -4.63. The first-order valence-electron chi connectivity index (χ1n) is 9.06. The lowest BCUT2D eigenvalue weighted by molar-refractivity contribution is -0.138. The Hall–Kier alpha value is -3.69. The van der Waals surface area contributed by atoms with Crippen molar-refractivity contribution in [2.45, 2.75) is 19.6 Å². The van der Waals surface area contributed by atoms with Crippen molar-refractivity contribution in [3.63, 3.8) is 0 Å². The van der Waals surface area contributed by atoms with Crippen molar-refractivity contribution in [3.05, 3.63) is 75.5 Å². The number of benzene rings is 2. The second kappa shape index (κ2) is 7.53. The van der Waals surface area contributed by atoms with Gasteiger partial charge in [-0.25, -0.2) is 9.07 Å². The predicted molar refractivity (Wildman–Crippen MR) is 103 cm³/mol. The van der Waals surface area contributed by atoms with Crippen LogP contribution < -0.4 is 10.3 Å². The maximum absolute atomic E-state index is 13.4. The number of hydrogen-bond donors (Lipinski definition) is 0. The maximum atomic E-state index is 13.4. The van der Waals surface area contributed by atoms with Gasteiger partial charge in [-0.1, -0.05) is 11.2 Å². The Balaban J connectivity index is 1.87. The molecule has 0 fully saturated rings. The Morgan fingerprint density at radius 1 is 1.13 bits per heavy atom. The zero-order valence-corrected chi connectivity index (χ0v) is 16.3. The largest absolute Gasteiger partial charge is 0.496 e. The van der Waals surface area contributed by atoms with Gasteiger partial charge in [0.25, 0.3) is 5.56 Å². The fraction of sp³-hybridized carbons (Fsp3) is 0.190. The lowest BCUT2D eigenvalue weighted by atomic mass is 10.1. The van der Waals surface area contributed by atoms with Crippen molar-refractivity contribution >= 4 is 11.0 Å². The number of fused-ring (bicyclic) bond motifs is 1. The van der Waals surface area contributed by atoms with E-state index < -0.39 is 23.1 Å². The molecule has 0 radical (unpaired) electrons. The molecule has 2 aromatic heterocycles. The average molecular weight is 433 g/mol. The molecule has 2 aromatic carbocycles. The Labute approximate surface area is 172 Å². The number of alkyl halides is 3. The van der Waals surface area contributed by atoms with Crippen LogP contribution in [0.25, 0.3) is 22.2 Å². The topological polar surface area (TPSA) is 70.2 Å². The SMILES string of the molecule is COc1ccc(Cn2nc(-c3ccc(F)cc3)c3onc(C)c3c2=O)cc1C(F)(F)F. The number of methoxy groups -OCH3 is 1. The summed E-state index contributed by atoms with van der Waals surface area (Å²) in [5, 5.41) is 8.24. The quantitative estimate of drug-likeness (QED) is 0.441. The van der Waals surface area contributed by atoms with Crippen molar-refractivity contribution < 1.29 is 26.8 Å². The lowest BCUT2D eigenvalue weighted by Crippen LogP contribution is -2.24. The molecule has 0 saturated carbocycles. The molecular formula is C21H15F4N3O3. The minimum Gasteiger partial charge on any atom is -0.496 e. The average Bonchev–Trinajstić information content (AvgIpc) is 3.12. The molecule has 0 aliphatic heterocycles. The van der Waals surface area contributed by atoms with Crippen molar-refractivity contribution in [3.8, 4) is 17.0 Å². The summed E-state index contributed by atoms with van der Waals surface area (Å²) in [7, 11) is 1.15. The Bertz CT molecular complexity index is 1320. The zero-order valence-electron chi connectivity index (χ0n) is 16.3. The molecule has 160 valence electrons. The smallest absolute Gasteiger partial charge is 0.419 e. The molecule has 0 bridgehead atoms. The number of hydrogen-bond acceptors (Lipinski definition) is 5. The van der Waals surface area contributed by atoms with Gasteiger partial charge >= 0.3 is 6.18 Å². The lowest BCUT2D eigenvalue weighted by Gasteiger charge is -2.14. The molecule has 31 heavy (non-hydrogen) atoms. The maximum Gasteiger partial charge on any atom is 0.419 e.